The summed E-state index contributed by atoms with van der Waals surface area (Å²) in [7, 11) is -10.3. The van der Waals surface area contributed by atoms with Crippen molar-refractivity contribution in [3.8, 4) is 5.75 Å². The number of rotatable bonds is 13. The lowest BCUT2D eigenvalue weighted by Gasteiger charge is -2.25. The molecule has 1 fully saturated rings. The number of hydrogen-bond donors (Lipinski definition) is 4. The van der Waals surface area contributed by atoms with Gasteiger partial charge in [0.25, 0.3) is 5.56 Å². The summed E-state index contributed by atoms with van der Waals surface area (Å²) in [6.07, 6.45) is -3.66. The van der Waals surface area contributed by atoms with Crippen LogP contribution >= 0.6 is 15.6 Å². The molecule has 250 valence electrons. The van der Waals surface area contributed by atoms with Gasteiger partial charge in [0.05, 0.1) is 18.9 Å². The van der Waals surface area contributed by atoms with E-state index < -0.39 is 69.7 Å². The van der Waals surface area contributed by atoms with E-state index in [1.165, 1.54) is 13.0 Å². The van der Waals surface area contributed by atoms with Crippen LogP contribution in [0.2, 0.25) is 0 Å². The number of aliphatic hydroxyl groups excluding tert-OH is 1. The molecule has 6 atom stereocenters. The van der Waals surface area contributed by atoms with Crippen molar-refractivity contribution in [3.05, 3.63) is 111 Å². The van der Waals surface area contributed by atoms with E-state index in [0.717, 1.165) is 0 Å². The number of carbonyl (C=O) groups is 1. The molecule has 4 aromatic rings. The molecule has 5 rings (SSSR count). The number of aromatic amines is 1. The van der Waals surface area contributed by atoms with Gasteiger partial charge in [0, 0.05) is 11.8 Å². The third-order valence-corrected chi connectivity index (χ3v) is 10.3. The monoisotopic (exact) mass is 693 g/mol. The van der Waals surface area contributed by atoms with Crippen molar-refractivity contribution in [1.29, 1.82) is 0 Å². The highest BCUT2D eigenvalue weighted by molar-refractivity contribution is 7.63. The Kier molecular flexibility index (Phi) is 10.5. The third kappa shape index (κ3) is 8.69. The minimum atomic E-state index is -5.33. The van der Waals surface area contributed by atoms with Crippen LogP contribution in [-0.4, -0.2) is 50.4 Å². The average Bonchev–Trinajstić information content (AvgIpc) is 3.40. The smallest absolute Gasteiger partial charge is 0.460 e. The number of halogens is 1. The fourth-order valence-electron chi connectivity index (χ4n) is 4.65. The molecule has 0 bridgehead atoms. The van der Waals surface area contributed by atoms with Crippen LogP contribution in [0.1, 0.15) is 25.1 Å². The number of benzene rings is 3. The minimum absolute atomic E-state index is 0.0141. The molecule has 47 heavy (non-hydrogen) atoms. The van der Waals surface area contributed by atoms with Gasteiger partial charge in [0.2, 0.25) is 5.82 Å². The number of phosphoric acid groups is 1. The number of hydrogen-bond acceptors (Lipinski definition) is 11. The van der Waals surface area contributed by atoms with Gasteiger partial charge in [0.15, 0.2) is 0 Å². The number of H-pyrrole nitrogens is 1. The summed E-state index contributed by atoms with van der Waals surface area (Å²) < 4.78 is 68.1. The molecule has 15 nitrogen and oxygen atoms in total. The maximum absolute atomic E-state index is 14.1. The van der Waals surface area contributed by atoms with Crippen molar-refractivity contribution in [2.45, 2.75) is 44.4 Å². The maximum Gasteiger partial charge on any atom is 0.481 e. The van der Waals surface area contributed by atoms with Crippen molar-refractivity contribution < 1.29 is 51.1 Å². The molecule has 1 aliphatic rings. The van der Waals surface area contributed by atoms with Crippen LogP contribution in [0, 0.1) is 5.82 Å². The van der Waals surface area contributed by atoms with Gasteiger partial charge in [-0.15, -0.1) is 0 Å². The van der Waals surface area contributed by atoms with E-state index in [9.17, 15) is 37.9 Å². The summed E-state index contributed by atoms with van der Waals surface area (Å²) >= 11 is 0. The Labute approximate surface area is 266 Å². The molecule has 0 amide bonds. The molecule has 1 saturated heterocycles. The summed E-state index contributed by atoms with van der Waals surface area (Å²) in [6.45, 7) is 0.351. The Bertz CT molecular complexity index is 1950. The van der Waals surface area contributed by atoms with E-state index in [-0.39, 0.29) is 18.8 Å². The highest BCUT2D eigenvalue weighted by Gasteiger charge is 2.43. The molecule has 0 saturated carbocycles. The Morgan fingerprint density at radius 3 is 2.57 bits per heavy atom. The molecule has 2 heterocycles. The molecule has 1 aliphatic heterocycles. The first kappa shape index (κ1) is 34.4. The van der Waals surface area contributed by atoms with Gasteiger partial charge in [-0.25, -0.2) is 13.9 Å². The molecular weight excluding hydrogens is 663 g/mol. The number of fused-ring (bicyclic) bond motifs is 1. The lowest BCUT2D eigenvalue weighted by Crippen LogP contribution is -2.35. The SMILES string of the molecule is C[C@H](NP(=O)(Oc1cccc2ccccc12)OP(=O)(O)OC[C@H]1O[C@@H](n2cc(F)c(=O)[nH]c2=O)CC1O)C(=O)OCc1ccccc1. The highest BCUT2D eigenvalue weighted by Crippen LogP contribution is 2.61. The zero-order valence-corrected chi connectivity index (χ0v) is 26.4. The first-order valence-electron chi connectivity index (χ1n) is 14.1. The van der Waals surface area contributed by atoms with E-state index in [1.54, 1.807) is 71.7 Å². The lowest BCUT2D eigenvalue weighted by atomic mass is 10.1. The van der Waals surface area contributed by atoms with Gasteiger partial charge in [-0.2, -0.15) is 13.8 Å². The molecule has 3 aromatic carbocycles. The highest BCUT2D eigenvalue weighted by atomic mass is 31.3. The fourth-order valence-corrected chi connectivity index (χ4v) is 7.64. The zero-order valence-electron chi connectivity index (χ0n) is 24.6. The van der Waals surface area contributed by atoms with Crippen LogP contribution in [0.5, 0.6) is 5.75 Å². The number of esters is 1. The normalized spacial score (nSPS) is 21.1. The van der Waals surface area contributed by atoms with Crippen LogP contribution in [0.15, 0.2) is 88.6 Å². The van der Waals surface area contributed by atoms with Crippen molar-refractivity contribution in [2.24, 2.45) is 0 Å². The summed E-state index contributed by atoms with van der Waals surface area (Å²) in [5, 5.41) is 13.9. The standard InChI is InChI=1S/C29H30FN3O12P2/c1-18(28(36)41-16-19-8-3-2-4-9-19)32-46(38,44-24-13-7-11-20-10-5-6-12-21(20)24)45-47(39,40)42-17-25-23(34)14-26(43-25)33-15-22(30)27(35)31-29(33)37/h2-13,15,18,23,25-26,34H,14,16-17H2,1H3,(H,32,38)(H,39,40)(H,31,35,37)/t18-,23?,25+,26+,46?/m0/s1. The van der Waals surface area contributed by atoms with Crippen LogP contribution in [0.25, 0.3) is 10.8 Å². The number of ether oxygens (including phenoxy) is 2. The largest absolute Gasteiger partial charge is 0.481 e. The van der Waals surface area contributed by atoms with Gasteiger partial charge in [-0.05, 0) is 23.9 Å². The van der Waals surface area contributed by atoms with Crippen LogP contribution in [-0.2, 0) is 38.8 Å². The lowest BCUT2D eigenvalue weighted by molar-refractivity contribution is -0.146. The Morgan fingerprint density at radius 2 is 1.81 bits per heavy atom. The molecule has 0 aliphatic carbocycles. The van der Waals surface area contributed by atoms with Gasteiger partial charge >= 0.3 is 27.2 Å². The predicted molar refractivity (Wildman–Crippen MR) is 164 cm³/mol. The van der Waals surface area contributed by atoms with Gasteiger partial charge in [-0.3, -0.25) is 23.7 Å². The number of aliphatic hydroxyl groups is 1. The second-order valence-corrected chi connectivity index (χ2v) is 13.7. The van der Waals surface area contributed by atoms with Crippen molar-refractivity contribution in [1.82, 2.24) is 14.6 Å². The zero-order chi connectivity index (χ0) is 33.8. The quantitative estimate of drug-likeness (QED) is 0.117. The molecule has 4 N–H and O–H groups in total. The number of aromatic nitrogens is 2. The van der Waals surface area contributed by atoms with E-state index >= 15 is 0 Å². The molecule has 18 heteroatoms. The van der Waals surface area contributed by atoms with Crippen molar-refractivity contribution in [2.75, 3.05) is 6.61 Å². The van der Waals surface area contributed by atoms with Crippen LogP contribution in [0.4, 0.5) is 4.39 Å². The van der Waals surface area contributed by atoms with Crippen LogP contribution in [0.3, 0.4) is 0 Å². The molecule has 0 radical (unpaired) electrons. The summed E-state index contributed by atoms with van der Waals surface area (Å²) in [4.78, 5) is 48.6. The van der Waals surface area contributed by atoms with E-state index in [1.807, 2.05) is 0 Å². The Hall–Kier alpha value is -3.98. The van der Waals surface area contributed by atoms with E-state index in [4.69, 9.17) is 22.8 Å². The number of nitrogens with one attached hydrogen (secondary N) is 2. The van der Waals surface area contributed by atoms with Gasteiger partial charge in [0.1, 0.15) is 30.7 Å². The predicted octanol–water partition coefficient (Wildman–Crippen LogP) is 3.52. The topological polar surface area (TPSA) is 205 Å². The van der Waals surface area contributed by atoms with Gasteiger partial charge in [-0.1, -0.05) is 66.7 Å². The van der Waals surface area contributed by atoms with Crippen LogP contribution < -0.4 is 20.9 Å². The second kappa shape index (κ2) is 14.4. The van der Waals surface area contributed by atoms with Crippen molar-refractivity contribution >= 4 is 32.3 Å². The van der Waals surface area contributed by atoms with E-state index in [0.29, 0.717) is 27.1 Å². The second-order valence-electron chi connectivity index (χ2n) is 10.4. The Morgan fingerprint density at radius 1 is 1.11 bits per heavy atom. The summed E-state index contributed by atoms with van der Waals surface area (Å²) in [5.41, 5.74) is -1.58. The molecule has 1 aromatic heterocycles. The average molecular weight is 694 g/mol. The maximum atomic E-state index is 14.1. The minimum Gasteiger partial charge on any atom is -0.460 e. The summed E-state index contributed by atoms with van der Waals surface area (Å²) in [5.74, 6) is -2.17. The molecule has 3 unspecified atom stereocenters. The Balaban J connectivity index is 1.31. The molecule has 0 spiro atoms. The van der Waals surface area contributed by atoms with Gasteiger partial charge < -0.3 is 24.0 Å². The van der Waals surface area contributed by atoms with E-state index in [2.05, 4.69) is 5.09 Å². The number of carbonyl (C=O) groups excluding carboxylic acids is 1. The van der Waals surface area contributed by atoms with Crippen molar-refractivity contribution in [3.63, 3.8) is 0 Å². The number of phosphoric ester groups is 1. The fraction of sp³-hybridized carbons (Fsp3) is 0.276. The first-order valence-corrected chi connectivity index (χ1v) is 17.2. The summed E-state index contributed by atoms with van der Waals surface area (Å²) in [6, 6.07) is 19.0. The number of nitrogens with zero attached hydrogens (tertiary/aromatic N) is 1. The first-order chi connectivity index (χ1) is 22.3. The third-order valence-electron chi connectivity index (χ3n) is 6.95. The molecular formula is C29H30FN3O12P2.